The lowest BCUT2D eigenvalue weighted by molar-refractivity contribution is -0.142. The molecule has 1 unspecified atom stereocenters. The standard InChI is InChI=1S/C16H21ClO4S/c1-4-21-16(18)15(17)10-12(2)13(3)11-22(19,20)14-8-6-5-7-9-14/h5-9,15H,4,10-11H2,1-3H3/b13-12+. The molecule has 0 saturated carbocycles. The molecule has 0 spiro atoms. The van der Waals surface area contributed by atoms with Gasteiger partial charge in [-0.2, -0.15) is 0 Å². The molecule has 0 saturated heterocycles. The highest BCUT2D eigenvalue weighted by Gasteiger charge is 2.20. The smallest absolute Gasteiger partial charge is 0.324 e. The molecule has 1 aromatic rings. The quantitative estimate of drug-likeness (QED) is 0.432. The molecule has 1 aromatic carbocycles. The molecule has 22 heavy (non-hydrogen) atoms. The minimum absolute atomic E-state index is 0.0880. The van der Waals surface area contributed by atoms with E-state index in [9.17, 15) is 13.2 Å². The molecular formula is C16H21ClO4S. The van der Waals surface area contributed by atoms with Gasteiger partial charge < -0.3 is 4.74 Å². The van der Waals surface area contributed by atoms with Crippen molar-refractivity contribution in [2.75, 3.05) is 12.4 Å². The Morgan fingerprint density at radius 3 is 2.32 bits per heavy atom. The van der Waals surface area contributed by atoms with Gasteiger partial charge in [0, 0.05) is 0 Å². The maximum Gasteiger partial charge on any atom is 0.324 e. The summed E-state index contributed by atoms with van der Waals surface area (Å²) in [4.78, 5) is 11.8. The van der Waals surface area contributed by atoms with E-state index in [-0.39, 0.29) is 23.7 Å². The Kier molecular flexibility index (Phi) is 7.10. The second kappa shape index (κ2) is 8.34. The molecule has 0 aliphatic rings. The van der Waals surface area contributed by atoms with Crippen LogP contribution in [0.15, 0.2) is 46.4 Å². The highest BCUT2D eigenvalue weighted by molar-refractivity contribution is 7.91. The summed E-state index contributed by atoms with van der Waals surface area (Å²) in [5.41, 5.74) is 1.48. The van der Waals surface area contributed by atoms with Gasteiger partial charge in [0.2, 0.25) is 0 Å². The molecule has 122 valence electrons. The van der Waals surface area contributed by atoms with E-state index >= 15 is 0 Å². The number of rotatable bonds is 7. The Morgan fingerprint density at radius 1 is 1.18 bits per heavy atom. The number of sulfone groups is 1. The van der Waals surface area contributed by atoms with Gasteiger partial charge in [-0.15, -0.1) is 11.6 Å². The van der Waals surface area contributed by atoms with Crippen LogP contribution in [0.2, 0.25) is 0 Å². The summed E-state index contributed by atoms with van der Waals surface area (Å²) in [6, 6.07) is 8.29. The molecule has 0 heterocycles. The van der Waals surface area contributed by atoms with Crippen molar-refractivity contribution in [3.8, 4) is 0 Å². The Labute approximate surface area is 137 Å². The molecule has 0 aliphatic carbocycles. The molecule has 1 rings (SSSR count). The number of carbonyl (C=O) groups is 1. The van der Waals surface area contributed by atoms with Crippen LogP contribution < -0.4 is 0 Å². The van der Waals surface area contributed by atoms with Crippen LogP contribution >= 0.6 is 11.6 Å². The maximum absolute atomic E-state index is 12.3. The van der Waals surface area contributed by atoms with E-state index < -0.39 is 21.2 Å². The second-order valence-electron chi connectivity index (χ2n) is 5.06. The Bertz CT molecular complexity index is 635. The summed E-state index contributed by atoms with van der Waals surface area (Å²) >= 11 is 5.98. The third-order valence-electron chi connectivity index (χ3n) is 3.27. The van der Waals surface area contributed by atoms with Gasteiger partial charge in [0.1, 0.15) is 5.38 Å². The minimum Gasteiger partial charge on any atom is -0.465 e. The van der Waals surface area contributed by atoms with Gasteiger partial charge in [0.05, 0.1) is 17.3 Å². The molecule has 0 bridgehead atoms. The predicted octanol–water partition coefficient (Wildman–Crippen LogP) is 3.36. The maximum atomic E-state index is 12.3. The highest BCUT2D eigenvalue weighted by atomic mass is 35.5. The summed E-state index contributed by atoms with van der Waals surface area (Å²) in [5, 5.41) is -0.797. The average Bonchev–Trinajstić information content (AvgIpc) is 2.47. The van der Waals surface area contributed by atoms with Crippen molar-refractivity contribution in [2.45, 2.75) is 37.5 Å². The van der Waals surface area contributed by atoms with E-state index in [1.54, 1.807) is 51.1 Å². The largest absolute Gasteiger partial charge is 0.465 e. The van der Waals surface area contributed by atoms with Crippen LogP contribution in [-0.2, 0) is 19.4 Å². The van der Waals surface area contributed by atoms with Crippen LogP contribution in [0.3, 0.4) is 0 Å². The summed E-state index contributed by atoms with van der Waals surface area (Å²) in [5.74, 6) is -0.572. The van der Waals surface area contributed by atoms with Crippen molar-refractivity contribution >= 4 is 27.4 Å². The average molecular weight is 345 g/mol. The predicted molar refractivity (Wildman–Crippen MR) is 87.8 cm³/mol. The van der Waals surface area contributed by atoms with Gasteiger partial charge in [-0.25, -0.2) is 8.42 Å². The van der Waals surface area contributed by atoms with Gasteiger partial charge in [-0.1, -0.05) is 29.3 Å². The summed E-state index contributed by atoms with van der Waals surface area (Å²) < 4.78 is 29.5. The first-order chi connectivity index (χ1) is 10.3. The molecule has 6 heteroatoms. The fourth-order valence-corrected chi connectivity index (χ4v) is 3.73. The van der Waals surface area contributed by atoms with E-state index in [1.165, 1.54) is 0 Å². The number of carbonyl (C=O) groups excluding carboxylic acids is 1. The number of halogens is 1. The first-order valence-corrected chi connectivity index (χ1v) is 9.10. The van der Waals surface area contributed by atoms with Crippen molar-refractivity contribution < 1.29 is 17.9 Å². The normalized spacial score (nSPS) is 14.2. The highest BCUT2D eigenvalue weighted by Crippen LogP contribution is 2.20. The molecular weight excluding hydrogens is 324 g/mol. The molecule has 0 aliphatic heterocycles. The number of hydrogen-bond acceptors (Lipinski definition) is 4. The zero-order valence-electron chi connectivity index (χ0n) is 13.0. The van der Waals surface area contributed by atoms with Crippen LogP contribution in [0.25, 0.3) is 0 Å². The molecule has 0 aromatic heterocycles. The van der Waals surface area contributed by atoms with E-state index in [2.05, 4.69) is 0 Å². The lowest BCUT2D eigenvalue weighted by Crippen LogP contribution is -2.19. The van der Waals surface area contributed by atoms with Gasteiger partial charge in [-0.05, 0) is 39.3 Å². The third-order valence-corrected chi connectivity index (χ3v) is 5.40. The van der Waals surface area contributed by atoms with Crippen LogP contribution in [0.4, 0.5) is 0 Å². The summed E-state index contributed by atoms with van der Waals surface area (Å²) in [7, 11) is -3.39. The molecule has 0 N–H and O–H groups in total. The topological polar surface area (TPSA) is 60.4 Å². The Balaban J connectivity index is 2.81. The summed E-state index contributed by atoms with van der Waals surface area (Å²) in [6.45, 7) is 5.50. The van der Waals surface area contributed by atoms with Crippen molar-refractivity contribution in [2.24, 2.45) is 0 Å². The fourth-order valence-electron chi connectivity index (χ4n) is 1.88. The monoisotopic (exact) mass is 344 g/mol. The van der Waals surface area contributed by atoms with E-state index in [4.69, 9.17) is 16.3 Å². The van der Waals surface area contributed by atoms with Crippen LogP contribution in [-0.4, -0.2) is 32.1 Å². The van der Waals surface area contributed by atoms with Crippen molar-refractivity contribution in [3.05, 3.63) is 41.5 Å². The van der Waals surface area contributed by atoms with Gasteiger partial charge >= 0.3 is 5.97 Å². The first kappa shape index (κ1) is 18.7. The van der Waals surface area contributed by atoms with Crippen molar-refractivity contribution in [1.82, 2.24) is 0 Å². The van der Waals surface area contributed by atoms with Crippen LogP contribution in [0.1, 0.15) is 27.2 Å². The second-order valence-corrected chi connectivity index (χ2v) is 7.57. The van der Waals surface area contributed by atoms with E-state index in [0.29, 0.717) is 5.57 Å². The number of benzene rings is 1. The lowest BCUT2D eigenvalue weighted by Gasteiger charge is -2.12. The Hall–Kier alpha value is -1.33. The zero-order valence-corrected chi connectivity index (χ0v) is 14.6. The van der Waals surface area contributed by atoms with Crippen LogP contribution in [0, 0.1) is 0 Å². The lowest BCUT2D eigenvalue weighted by atomic mass is 10.1. The third kappa shape index (κ3) is 5.46. The van der Waals surface area contributed by atoms with Crippen molar-refractivity contribution in [3.63, 3.8) is 0 Å². The van der Waals surface area contributed by atoms with Gasteiger partial charge in [-0.3, -0.25) is 4.79 Å². The molecule has 1 atom stereocenters. The number of esters is 1. The van der Waals surface area contributed by atoms with Gasteiger partial charge in [0.25, 0.3) is 0 Å². The number of hydrogen-bond donors (Lipinski definition) is 0. The molecule has 0 fully saturated rings. The van der Waals surface area contributed by atoms with Crippen LogP contribution in [0.5, 0.6) is 0 Å². The molecule has 4 nitrogen and oxygen atoms in total. The fraction of sp³-hybridized carbons (Fsp3) is 0.438. The van der Waals surface area contributed by atoms with Gasteiger partial charge in [0.15, 0.2) is 9.84 Å². The molecule has 0 radical (unpaired) electrons. The Morgan fingerprint density at radius 2 is 1.77 bits per heavy atom. The SMILES string of the molecule is CCOC(=O)C(Cl)C/C(C)=C(\C)CS(=O)(=O)c1ccccc1. The van der Waals surface area contributed by atoms with Crippen molar-refractivity contribution in [1.29, 1.82) is 0 Å². The first-order valence-electron chi connectivity index (χ1n) is 7.01. The number of allylic oxidation sites excluding steroid dienone is 1. The number of alkyl halides is 1. The van der Waals surface area contributed by atoms with E-state index in [1.807, 2.05) is 0 Å². The number of ether oxygens (including phenoxy) is 1. The zero-order chi connectivity index (χ0) is 16.8. The minimum atomic E-state index is -3.39. The van der Waals surface area contributed by atoms with E-state index in [0.717, 1.165) is 5.57 Å². The molecule has 0 amide bonds. The summed E-state index contributed by atoms with van der Waals surface area (Å²) in [6.07, 6.45) is 0.274.